The van der Waals surface area contributed by atoms with Crippen molar-refractivity contribution in [2.24, 2.45) is 0 Å². The van der Waals surface area contributed by atoms with E-state index >= 15 is 0 Å². The normalized spacial score (nSPS) is 10.2. The number of hydrogen-bond donors (Lipinski definition) is 1. The first-order valence-electron chi connectivity index (χ1n) is 6.80. The number of carbonyl (C=O) groups excluding carboxylic acids is 1. The summed E-state index contributed by atoms with van der Waals surface area (Å²) in [4.78, 5) is 12.4. The van der Waals surface area contributed by atoms with Gasteiger partial charge in [0.1, 0.15) is 24.3 Å². The quantitative estimate of drug-likeness (QED) is 0.782. The van der Waals surface area contributed by atoms with Crippen LogP contribution in [-0.2, 0) is 6.61 Å². The number of nitrogens with one attached hydrogen (secondary N) is 1. The molecule has 0 spiro atoms. The van der Waals surface area contributed by atoms with Gasteiger partial charge in [-0.2, -0.15) is 0 Å². The van der Waals surface area contributed by atoms with Crippen molar-refractivity contribution in [1.82, 2.24) is 5.16 Å². The van der Waals surface area contributed by atoms with E-state index in [9.17, 15) is 4.79 Å². The lowest BCUT2D eigenvalue weighted by Gasteiger charge is -2.10. The molecule has 110 valence electrons. The third kappa shape index (κ3) is 3.32. The monoisotopic (exact) mass is 294 g/mol. The van der Waals surface area contributed by atoms with Gasteiger partial charge in [0.05, 0.1) is 5.56 Å². The summed E-state index contributed by atoms with van der Waals surface area (Å²) in [5.41, 5.74) is 1.87. The standard InChI is InChI=1S/C17H14N2O3/c20-17(18-13-6-2-1-3-7-13)15-8-4-5-9-16(15)21-12-14-10-11-22-19-14/h1-11H,12H2,(H,18,20). The number of anilines is 1. The summed E-state index contributed by atoms with van der Waals surface area (Å²) in [6, 6.07) is 18.1. The van der Waals surface area contributed by atoms with Gasteiger partial charge in [0.15, 0.2) is 0 Å². The Labute approximate surface area is 127 Å². The number of ether oxygens (including phenoxy) is 1. The van der Waals surface area contributed by atoms with Gasteiger partial charge in [-0.1, -0.05) is 35.5 Å². The Balaban J connectivity index is 1.74. The zero-order valence-electron chi connectivity index (χ0n) is 11.7. The van der Waals surface area contributed by atoms with Gasteiger partial charge in [-0.25, -0.2) is 0 Å². The van der Waals surface area contributed by atoms with E-state index in [4.69, 9.17) is 9.26 Å². The number of benzene rings is 2. The van der Waals surface area contributed by atoms with Crippen LogP contribution in [0.4, 0.5) is 5.69 Å². The third-order valence-corrected chi connectivity index (χ3v) is 3.03. The molecule has 5 nitrogen and oxygen atoms in total. The van der Waals surface area contributed by atoms with Crippen molar-refractivity contribution in [2.75, 3.05) is 5.32 Å². The molecule has 0 fully saturated rings. The summed E-state index contributed by atoms with van der Waals surface area (Å²) in [5.74, 6) is 0.279. The number of nitrogens with zero attached hydrogens (tertiary/aromatic N) is 1. The van der Waals surface area contributed by atoms with E-state index in [-0.39, 0.29) is 12.5 Å². The molecule has 3 aromatic rings. The van der Waals surface area contributed by atoms with Crippen LogP contribution >= 0.6 is 0 Å². The van der Waals surface area contributed by atoms with Gasteiger partial charge in [0.2, 0.25) is 0 Å². The van der Waals surface area contributed by atoms with Gasteiger partial charge in [-0.3, -0.25) is 4.79 Å². The van der Waals surface area contributed by atoms with Crippen LogP contribution in [0.2, 0.25) is 0 Å². The molecule has 1 amide bonds. The lowest BCUT2D eigenvalue weighted by molar-refractivity contribution is 0.102. The molecule has 0 unspecified atom stereocenters. The molecule has 2 aromatic carbocycles. The molecule has 1 N–H and O–H groups in total. The van der Waals surface area contributed by atoms with Crippen LogP contribution in [0.5, 0.6) is 5.75 Å². The van der Waals surface area contributed by atoms with Gasteiger partial charge < -0.3 is 14.6 Å². The summed E-state index contributed by atoms with van der Waals surface area (Å²) in [7, 11) is 0. The molecule has 22 heavy (non-hydrogen) atoms. The highest BCUT2D eigenvalue weighted by Crippen LogP contribution is 2.20. The van der Waals surface area contributed by atoms with E-state index in [2.05, 4.69) is 10.5 Å². The Morgan fingerprint density at radius 2 is 1.82 bits per heavy atom. The van der Waals surface area contributed by atoms with E-state index < -0.39 is 0 Å². The van der Waals surface area contributed by atoms with Crippen LogP contribution < -0.4 is 10.1 Å². The first-order valence-corrected chi connectivity index (χ1v) is 6.80. The van der Waals surface area contributed by atoms with Gasteiger partial charge in [0.25, 0.3) is 5.91 Å². The van der Waals surface area contributed by atoms with Crippen molar-refractivity contribution in [3.05, 3.63) is 78.2 Å². The molecule has 0 saturated heterocycles. The highest BCUT2D eigenvalue weighted by molar-refractivity contribution is 6.06. The smallest absolute Gasteiger partial charge is 0.259 e. The molecule has 0 aliphatic rings. The molecule has 0 radical (unpaired) electrons. The van der Waals surface area contributed by atoms with Crippen molar-refractivity contribution >= 4 is 11.6 Å². The Bertz CT molecular complexity index is 740. The topological polar surface area (TPSA) is 64.4 Å². The zero-order chi connectivity index (χ0) is 15.2. The van der Waals surface area contributed by atoms with Gasteiger partial charge in [-0.15, -0.1) is 0 Å². The SMILES string of the molecule is O=C(Nc1ccccc1)c1ccccc1OCc1ccon1. The molecule has 0 aliphatic carbocycles. The van der Waals surface area contributed by atoms with Crippen LogP contribution in [0.15, 0.2) is 71.4 Å². The molecular weight excluding hydrogens is 280 g/mol. The van der Waals surface area contributed by atoms with E-state index in [0.29, 0.717) is 17.0 Å². The third-order valence-electron chi connectivity index (χ3n) is 3.03. The van der Waals surface area contributed by atoms with Crippen LogP contribution in [0, 0.1) is 0 Å². The highest BCUT2D eigenvalue weighted by Gasteiger charge is 2.12. The largest absolute Gasteiger partial charge is 0.486 e. The van der Waals surface area contributed by atoms with Gasteiger partial charge >= 0.3 is 0 Å². The van der Waals surface area contributed by atoms with Crippen molar-refractivity contribution < 1.29 is 14.1 Å². The van der Waals surface area contributed by atoms with Crippen LogP contribution in [-0.4, -0.2) is 11.1 Å². The lowest BCUT2D eigenvalue weighted by atomic mass is 10.2. The Kier molecular flexibility index (Phi) is 4.15. The molecule has 5 heteroatoms. The van der Waals surface area contributed by atoms with E-state index in [0.717, 1.165) is 5.69 Å². The van der Waals surface area contributed by atoms with Crippen molar-refractivity contribution in [2.45, 2.75) is 6.61 Å². The second kappa shape index (κ2) is 6.58. The summed E-state index contributed by atoms with van der Waals surface area (Å²) in [5, 5.41) is 6.61. The minimum atomic E-state index is -0.220. The second-order valence-electron chi connectivity index (χ2n) is 4.60. The minimum Gasteiger partial charge on any atom is -0.486 e. The molecule has 0 aliphatic heterocycles. The zero-order valence-corrected chi connectivity index (χ0v) is 11.7. The minimum absolute atomic E-state index is 0.220. The Morgan fingerprint density at radius 1 is 1.05 bits per heavy atom. The fourth-order valence-corrected chi connectivity index (χ4v) is 1.96. The van der Waals surface area contributed by atoms with Crippen LogP contribution in [0.1, 0.15) is 16.1 Å². The molecule has 0 bridgehead atoms. The summed E-state index contributed by atoms with van der Waals surface area (Å²) < 4.78 is 10.4. The Hall–Kier alpha value is -3.08. The number of hydrogen-bond acceptors (Lipinski definition) is 4. The van der Waals surface area contributed by atoms with Crippen molar-refractivity contribution in [1.29, 1.82) is 0 Å². The summed E-state index contributed by atoms with van der Waals surface area (Å²) >= 11 is 0. The first-order chi connectivity index (χ1) is 10.8. The number of rotatable bonds is 5. The maximum atomic E-state index is 12.4. The number of para-hydroxylation sites is 2. The van der Waals surface area contributed by atoms with Crippen LogP contribution in [0.25, 0.3) is 0 Å². The predicted octanol–water partition coefficient (Wildman–Crippen LogP) is 3.51. The number of amides is 1. The van der Waals surface area contributed by atoms with E-state index in [1.807, 2.05) is 36.4 Å². The van der Waals surface area contributed by atoms with Crippen LogP contribution in [0.3, 0.4) is 0 Å². The first kappa shape index (κ1) is 13.9. The average Bonchev–Trinajstić information content (AvgIpc) is 3.07. The molecule has 0 atom stereocenters. The predicted molar refractivity (Wildman–Crippen MR) is 81.7 cm³/mol. The van der Waals surface area contributed by atoms with E-state index in [1.165, 1.54) is 6.26 Å². The molecule has 0 saturated carbocycles. The molecule has 3 rings (SSSR count). The van der Waals surface area contributed by atoms with E-state index in [1.54, 1.807) is 24.3 Å². The highest BCUT2D eigenvalue weighted by atomic mass is 16.5. The van der Waals surface area contributed by atoms with Crippen molar-refractivity contribution in [3.63, 3.8) is 0 Å². The average molecular weight is 294 g/mol. The molecule has 1 aromatic heterocycles. The van der Waals surface area contributed by atoms with Gasteiger partial charge in [-0.05, 0) is 24.3 Å². The number of aromatic nitrogens is 1. The maximum absolute atomic E-state index is 12.4. The van der Waals surface area contributed by atoms with Gasteiger partial charge in [0, 0.05) is 11.8 Å². The summed E-state index contributed by atoms with van der Waals surface area (Å²) in [6.45, 7) is 0.242. The van der Waals surface area contributed by atoms with Crippen molar-refractivity contribution in [3.8, 4) is 5.75 Å². The summed E-state index contributed by atoms with van der Waals surface area (Å²) in [6.07, 6.45) is 1.48. The second-order valence-corrected chi connectivity index (χ2v) is 4.60. The lowest BCUT2D eigenvalue weighted by Crippen LogP contribution is -2.13. The maximum Gasteiger partial charge on any atom is 0.259 e. The fraction of sp³-hybridized carbons (Fsp3) is 0.0588. The fourth-order valence-electron chi connectivity index (χ4n) is 1.96. The molecule has 1 heterocycles. The number of carbonyl (C=O) groups is 1. The Morgan fingerprint density at radius 3 is 2.59 bits per heavy atom. The molecular formula is C17H14N2O3.